The van der Waals surface area contributed by atoms with Crippen LogP contribution in [-0.2, 0) is 10.3 Å². The van der Waals surface area contributed by atoms with E-state index in [2.05, 4.69) is 5.32 Å². The molecule has 1 N–H and O–H groups in total. The smallest absolute Gasteiger partial charge is 0.325 e. The number of benzene rings is 1. The van der Waals surface area contributed by atoms with Gasteiger partial charge in [-0.15, -0.1) is 11.3 Å². The Kier molecular flexibility index (Phi) is 3.38. The van der Waals surface area contributed by atoms with Crippen LogP contribution in [0.25, 0.3) is 0 Å². The first-order chi connectivity index (χ1) is 11.6. The van der Waals surface area contributed by atoms with Crippen LogP contribution in [0.5, 0.6) is 5.75 Å². The molecule has 1 atom stereocenters. The number of carbonyl (C=O) groups is 3. The topological polar surface area (TPSA) is 75.7 Å². The van der Waals surface area contributed by atoms with E-state index >= 15 is 0 Å². The van der Waals surface area contributed by atoms with Crippen LogP contribution in [0.3, 0.4) is 0 Å². The maximum atomic E-state index is 13.0. The number of Topliss-reactive ketones (excluding diaryl/α,β-unsaturated/α-hetero) is 1. The van der Waals surface area contributed by atoms with E-state index in [1.807, 2.05) is 6.07 Å². The zero-order chi connectivity index (χ0) is 16.7. The number of ketones is 1. The number of imide groups is 1. The number of hydrogen-bond donors (Lipinski definition) is 1. The van der Waals surface area contributed by atoms with E-state index in [-0.39, 0.29) is 12.3 Å². The summed E-state index contributed by atoms with van der Waals surface area (Å²) < 4.78 is 5.58. The van der Waals surface area contributed by atoms with Crippen molar-refractivity contribution in [3.8, 4) is 5.75 Å². The molecule has 1 spiro atoms. The maximum Gasteiger partial charge on any atom is 0.325 e. The molecule has 24 heavy (non-hydrogen) atoms. The molecule has 1 fully saturated rings. The van der Waals surface area contributed by atoms with Crippen molar-refractivity contribution in [3.63, 3.8) is 0 Å². The third-order valence-corrected chi connectivity index (χ3v) is 5.27. The van der Waals surface area contributed by atoms with Crippen LogP contribution in [0, 0.1) is 0 Å². The monoisotopic (exact) mass is 342 g/mol. The van der Waals surface area contributed by atoms with Crippen LogP contribution in [0.2, 0.25) is 0 Å². The summed E-state index contributed by atoms with van der Waals surface area (Å²) in [5.41, 5.74) is -0.498. The Hall–Kier alpha value is -2.67. The maximum absolute atomic E-state index is 13.0. The normalized spacial score (nSPS) is 22.2. The van der Waals surface area contributed by atoms with Gasteiger partial charge >= 0.3 is 6.03 Å². The molecule has 6 nitrogen and oxygen atoms in total. The molecule has 2 aliphatic heterocycles. The Labute approximate surface area is 142 Å². The Morgan fingerprint density at radius 1 is 1.25 bits per heavy atom. The number of urea groups is 1. The van der Waals surface area contributed by atoms with Crippen molar-refractivity contribution in [3.05, 3.63) is 52.2 Å². The van der Waals surface area contributed by atoms with Crippen LogP contribution in [0.4, 0.5) is 4.79 Å². The van der Waals surface area contributed by atoms with Crippen molar-refractivity contribution in [1.82, 2.24) is 10.2 Å². The first kappa shape index (κ1) is 14.9. The Balaban J connectivity index is 1.66. The minimum Gasteiger partial charge on any atom is -0.493 e. The number of fused-ring (bicyclic) bond motifs is 2. The van der Waals surface area contributed by atoms with E-state index in [0.29, 0.717) is 29.2 Å². The van der Waals surface area contributed by atoms with Crippen LogP contribution in [-0.4, -0.2) is 35.8 Å². The van der Waals surface area contributed by atoms with Crippen molar-refractivity contribution in [2.24, 2.45) is 0 Å². The minimum atomic E-state index is -1.14. The number of nitrogens with one attached hydrogen (secondary N) is 1. The number of nitrogens with zero attached hydrogens (tertiary/aromatic N) is 1. The largest absolute Gasteiger partial charge is 0.493 e. The number of amides is 3. The lowest BCUT2D eigenvalue weighted by Crippen LogP contribution is -2.47. The molecule has 122 valence electrons. The van der Waals surface area contributed by atoms with E-state index in [1.165, 1.54) is 11.3 Å². The van der Waals surface area contributed by atoms with Gasteiger partial charge in [-0.25, -0.2) is 4.79 Å². The molecule has 2 aromatic rings. The van der Waals surface area contributed by atoms with Crippen molar-refractivity contribution < 1.29 is 19.1 Å². The molecule has 1 saturated heterocycles. The van der Waals surface area contributed by atoms with Gasteiger partial charge in [-0.2, -0.15) is 0 Å². The fraction of sp³-hybridized carbons (Fsp3) is 0.235. The summed E-state index contributed by atoms with van der Waals surface area (Å²) in [5.74, 6) is -0.0529. The zero-order valence-corrected chi connectivity index (χ0v) is 13.5. The van der Waals surface area contributed by atoms with Crippen molar-refractivity contribution in [2.45, 2.75) is 12.0 Å². The zero-order valence-electron chi connectivity index (χ0n) is 12.7. The summed E-state index contributed by atoms with van der Waals surface area (Å²) in [6.45, 7) is 0.0751. The highest BCUT2D eigenvalue weighted by Crippen LogP contribution is 2.40. The number of ether oxygens (including phenoxy) is 1. The first-order valence-corrected chi connectivity index (χ1v) is 8.43. The van der Waals surface area contributed by atoms with E-state index < -0.39 is 17.5 Å². The summed E-state index contributed by atoms with van der Waals surface area (Å²) in [7, 11) is 0. The highest BCUT2D eigenvalue weighted by atomic mass is 32.1. The predicted molar refractivity (Wildman–Crippen MR) is 87.1 cm³/mol. The van der Waals surface area contributed by atoms with Crippen LogP contribution >= 0.6 is 11.3 Å². The summed E-state index contributed by atoms with van der Waals surface area (Å²) in [5, 5.41) is 4.57. The van der Waals surface area contributed by atoms with Gasteiger partial charge in [-0.1, -0.05) is 24.3 Å². The second-order valence-electron chi connectivity index (χ2n) is 5.72. The lowest BCUT2D eigenvalue weighted by Gasteiger charge is -2.33. The second-order valence-corrected chi connectivity index (χ2v) is 6.67. The SMILES string of the molecule is O=C(CN1C(=O)NC2(CCOc3ccccc32)C1=O)c1cccs1. The van der Waals surface area contributed by atoms with Gasteiger partial charge < -0.3 is 10.1 Å². The molecule has 0 bridgehead atoms. The molecule has 0 aliphatic carbocycles. The molecule has 3 heterocycles. The third-order valence-electron chi connectivity index (χ3n) is 4.35. The number of rotatable bonds is 3. The van der Waals surface area contributed by atoms with Gasteiger partial charge in [-0.05, 0) is 17.5 Å². The van der Waals surface area contributed by atoms with E-state index in [0.717, 1.165) is 4.90 Å². The highest BCUT2D eigenvalue weighted by molar-refractivity contribution is 7.12. The number of thiophene rings is 1. The molecule has 1 aromatic carbocycles. The van der Waals surface area contributed by atoms with Crippen LogP contribution in [0.15, 0.2) is 41.8 Å². The molecular formula is C17H14N2O4S. The number of hydrogen-bond acceptors (Lipinski definition) is 5. The van der Waals surface area contributed by atoms with E-state index in [9.17, 15) is 14.4 Å². The quantitative estimate of drug-likeness (QED) is 0.685. The van der Waals surface area contributed by atoms with Crippen LogP contribution in [0.1, 0.15) is 21.7 Å². The fourth-order valence-corrected chi connectivity index (χ4v) is 3.83. The minimum absolute atomic E-state index is 0.245. The van der Waals surface area contributed by atoms with E-state index in [1.54, 1.807) is 35.7 Å². The molecular weight excluding hydrogens is 328 g/mol. The van der Waals surface area contributed by atoms with Gasteiger partial charge in [0.2, 0.25) is 0 Å². The predicted octanol–water partition coefficient (Wildman–Crippen LogP) is 2.16. The molecule has 2 aliphatic rings. The molecule has 7 heteroatoms. The summed E-state index contributed by atoms with van der Waals surface area (Å²) in [4.78, 5) is 39.2. The van der Waals surface area contributed by atoms with Crippen molar-refractivity contribution in [2.75, 3.05) is 13.2 Å². The number of carbonyl (C=O) groups excluding carboxylic acids is 3. The lowest BCUT2D eigenvalue weighted by atomic mass is 9.84. The Morgan fingerprint density at radius 3 is 2.88 bits per heavy atom. The van der Waals surface area contributed by atoms with Crippen molar-refractivity contribution >= 4 is 29.1 Å². The van der Waals surface area contributed by atoms with Gasteiger partial charge in [0.1, 0.15) is 5.75 Å². The van der Waals surface area contributed by atoms with Gasteiger partial charge in [0.15, 0.2) is 11.3 Å². The number of para-hydroxylation sites is 1. The highest BCUT2D eigenvalue weighted by Gasteiger charge is 2.55. The second kappa shape index (κ2) is 5.45. The molecule has 0 radical (unpaired) electrons. The standard InChI is InChI=1S/C17H14N2O4S/c20-12(14-6-3-9-24-14)10-19-15(21)17(18-16(19)22)7-8-23-13-5-2-1-4-11(13)17/h1-6,9H,7-8,10H2,(H,18,22). The molecule has 1 aromatic heterocycles. The van der Waals surface area contributed by atoms with Gasteiger partial charge in [0, 0.05) is 12.0 Å². The average Bonchev–Trinajstić information content (AvgIpc) is 3.20. The Morgan fingerprint density at radius 2 is 2.08 bits per heavy atom. The molecule has 0 saturated carbocycles. The summed E-state index contributed by atoms with van der Waals surface area (Å²) in [6.07, 6.45) is 0.346. The Bertz CT molecular complexity index is 833. The summed E-state index contributed by atoms with van der Waals surface area (Å²) in [6, 6.07) is 10.1. The first-order valence-electron chi connectivity index (χ1n) is 7.55. The van der Waals surface area contributed by atoms with Gasteiger partial charge in [-0.3, -0.25) is 14.5 Å². The molecule has 4 rings (SSSR count). The van der Waals surface area contributed by atoms with E-state index in [4.69, 9.17) is 4.74 Å². The molecule has 1 unspecified atom stereocenters. The van der Waals surface area contributed by atoms with Gasteiger partial charge in [0.25, 0.3) is 5.91 Å². The van der Waals surface area contributed by atoms with Gasteiger partial charge in [0.05, 0.1) is 18.0 Å². The van der Waals surface area contributed by atoms with Crippen molar-refractivity contribution in [1.29, 1.82) is 0 Å². The lowest BCUT2D eigenvalue weighted by molar-refractivity contribution is -0.132. The third kappa shape index (κ3) is 2.12. The fourth-order valence-electron chi connectivity index (χ4n) is 3.17. The summed E-state index contributed by atoms with van der Waals surface area (Å²) >= 11 is 1.29. The average molecular weight is 342 g/mol. The molecule has 3 amide bonds. The van der Waals surface area contributed by atoms with Crippen LogP contribution < -0.4 is 10.1 Å².